The molecule has 0 radical (unpaired) electrons. The smallest absolute Gasteiger partial charge is 0.318 e. The Bertz CT molecular complexity index is 535. The second-order valence-corrected chi connectivity index (χ2v) is 3.02. The van der Waals surface area contributed by atoms with Crippen molar-refractivity contribution in [3.63, 3.8) is 0 Å². The SMILES string of the molecule is NC(=O)NC(=O)Cn1cc([N+](=O)[O-])ccc1=O. The molecule has 9 nitrogen and oxygen atoms in total. The Labute approximate surface area is 94.0 Å². The largest absolute Gasteiger partial charge is 0.351 e. The first-order valence-electron chi connectivity index (χ1n) is 4.34. The Morgan fingerprint density at radius 1 is 1.47 bits per heavy atom. The number of primary amides is 1. The van der Waals surface area contributed by atoms with E-state index < -0.39 is 29.0 Å². The molecule has 90 valence electrons. The first-order chi connectivity index (χ1) is 7.90. The summed E-state index contributed by atoms with van der Waals surface area (Å²) in [5.74, 6) is -0.833. The number of aromatic nitrogens is 1. The molecule has 17 heavy (non-hydrogen) atoms. The fourth-order valence-electron chi connectivity index (χ4n) is 1.08. The van der Waals surface area contributed by atoms with Crippen LogP contribution in [0.1, 0.15) is 0 Å². The molecule has 1 rings (SSSR count). The second kappa shape index (κ2) is 4.88. The van der Waals surface area contributed by atoms with Crippen molar-refractivity contribution < 1.29 is 14.5 Å². The Morgan fingerprint density at radius 2 is 2.12 bits per heavy atom. The van der Waals surface area contributed by atoms with Crippen molar-refractivity contribution in [2.45, 2.75) is 6.54 Å². The zero-order valence-electron chi connectivity index (χ0n) is 8.45. The predicted octanol–water partition coefficient (Wildman–Crippen LogP) is -1.05. The highest BCUT2D eigenvalue weighted by Gasteiger charge is 2.11. The number of nitrogens with zero attached hydrogens (tertiary/aromatic N) is 2. The number of imide groups is 1. The molecule has 0 aromatic carbocycles. The van der Waals surface area contributed by atoms with E-state index in [1.165, 1.54) is 0 Å². The summed E-state index contributed by atoms with van der Waals surface area (Å²) in [6, 6.07) is 0.911. The van der Waals surface area contributed by atoms with Crippen LogP contribution in [-0.2, 0) is 11.3 Å². The van der Waals surface area contributed by atoms with Crippen molar-refractivity contribution in [2.75, 3.05) is 0 Å². The number of hydrogen-bond acceptors (Lipinski definition) is 5. The quantitative estimate of drug-likeness (QED) is 0.513. The van der Waals surface area contributed by atoms with Crippen molar-refractivity contribution in [2.24, 2.45) is 5.73 Å². The van der Waals surface area contributed by atoms with Crippen LogP contribution in [0.5, 0.6) is 0 Å². The highest BCUT2D eigenvalue weighted by Crippen LogP contribution is 2.05. The van der Waals surface area contributed by atoms with E-state index in [0.717, 1.165) is 22.9 Å². The molecule has 0 saturated heterocycles. The molecule has 0 bridgehead atoms. The number of rotatable bonds is 3. The van der Waals surface area contributed by atoms with Gasteiger partial charge in [-0.25, -0.2) is 4.79 Å². The van der Waals surface area contributed by atoms with Gasteiger partial charge in [-0.2, -0.15) is 0 Å². The summed E-state index contributed by atoms with van der Waals surface area (Å²) in [7, 11) is 0. The van der Waals surface area contributed by atoms with Crippen molar-refractivity contribution >= 4 is 17.6 Å². The average Bonchev–Trinajstić information content (AvgIpc) is 2.19. The third-order valence-electron chi connectivity index (χ3n) is 1.76. The van der Waals surface area contributed by atoms with Gasteiger partial charge in [0.25, 0.3) is 11.2 Å². The van der Waals surface area contributed by atoms with Crippen LogP contribution < -0.4 is 16.6 Å². The molecule has 0 aliphatic rings. The molecule has 0 atom stereocenters. The zero-order valence-corrected chi connectivity index (χ0v) is 8.45. The Balaban J connectivity index is 2.94. The van der Waals surface area contributed by atoms with Gasteiger partial charge in [-0.3, -0.25) is 29.6 Å². The number of nitrogens with one attached hydrogen (secondary N) is 1. The summed E-state index contributed by atoms with van der Waals surface area (Å²) >= 11 is 0. The molecule has 1 aromatic rings. The van der Waals surface area contributed by atoms with Crippen molar-refractivity contribution in [3.8, 4) is 0 Å². The molecule has 0 spiro atoms. The number of nitro groups is 1. The Kier molecular flexibility index (Phi) is 3.55. The van der Waals surface area contributed by atoms with E-state index in [1.54, 1.807) is 5.32 Å². The molecule has 9 heteroatoms. The predicted molar refractivity (Wildman–Crippen MR) is 55.1 cm³/mol. The van der Waals surface area contributed by atoms with E-state index in [9.17, 15) is 24.5 Å². The molecule has 3 N–H and O–H groups in total. The molecule has 0 unspecified atom stereocenters. The van der Waals surface area contributed by atoms with E-state index in [4.69, 9.17) is 5.73 Å². The van der Waals surface area contributed by atoms with Gasteiger partial charge in [0, 0.05) is 12.1 Å². The van der Waals surface area contributed by atoms with Crippen LogP contribution in [0.3, 0.4) is 0 Å². The number of urea groups is 1. The lowest BCUT2D eigenvalue weighted by Crippen LogP contribution is -2.38. The van der Waals surface area contributed by atoms with E-state index in [2.05, 4.69) is 0 Å². The minimum atomic E-state index is -1.06. The van der Waals surface area contributed by atoms with Crippen LogP contribution >= 0.6 is 0 Å². The van der Waals surface area contributed by atoms with Crippen molar-refractivity contribution in [1.82, 2.24) is 9.88 Å². The van der Waals surface area contributed by atoms with Crippen molar-refractivity contribution in [3.05, 3.63) is 38.8 Å². The monoisotopic (exact) mass is 240 g/mol. The number of hydrogen-bond donors (Lipinski definition) is 2. The summed E-state index contributed by atoms with van der Waals surface area (Å²) in [4.78, 5) is 42.5. The Morgan fingerprint density at radius 3 is 2.65 bits per heavy atom. The number of carbonyl (C=O) groups is 2. The van der Waals surface area contributed by atoms with E-state index in [-0.39, 0.29) is 5.69 Å². The lowest BCUT2D eigenvalue weighted by Gasteiger charge is -2.04. The van der Waals surface area contributed by atoms with Gasteiger partial charge in [-0.05, 0) is 0 Å². The summed E-state index contributed by atoms with van der Waals surface area (Å²) in [6.07, 6.45) is 0.906. The van der Waals surface area contributed by atoms with Crippen molar-refractivity contribution in [1.29, 1.82) is 0 Å². The van der Waals surface area contributed by atoms with Gasteiger partial charge in [0.1, 0.15) is 6.54 Å². The highest BCUT2D eigenvalue weighted by molar-refractivity contribution is 5.93. The fourth-order valence-corrected chi connectivity index (χ4v) is 1.08. The summed E-state index contributed by atoms with van der Waals surface area (Å²) in [6.45, 7) is -0.524. The molecule has 1 heterocycles. The molecule has 3 amide bonds. The lowest BCUT2D eigenvalue weighted by molar-refractivity contribution is -0.385. The third-order valence-corrected chi connectivity index (χ3v) is 1.76. The highest BCUT2D eigenvalue weighted by atomic mass is 16.6. The maximum atomic E-state index is 11.3. The van der Waals surface area contributed by atoms with Crippen LogP contribution in [0.15, 0.2) is 23.1 Å². The van der Waals surface area contributed by atoms with E-state index >= 15 is 0 Å². The first kappa shape index (κ1) is 12.4. The number of amides is 3. The third kappa shape index (κ3) is 3.41. The molecule has 0 aliphatic heterocycles. The molecule has 1 aromatic heterocycles. The van der Waals surface area contributed by atoms with Crippen LogP contribution in [0.4, 0.5) is 10.5 Å². The molecule has 0 fully saturated rings. The molecule has 0 saturated carbocycles. The number of pyridine rings is 1. The van der Waals surface area contributed by atoms with E-state index in [1.807, 2.05) is 0 Å². The number of carbonyl (C=O) groups excluding carboxylic acids is 2. The normalized spacial score (nSPS) is 9.65. The minimum Gasteiger partial charge on any atom is -0.351 e. The molecular formula is C8H8N4O5. The minimum absolute atomic E-state index is 0.337. The second-order valence-electron chi connectivity index (χ2n) is 3.02. The maximum Gasteiger partial charge on any atom is 0.318 e. The van der Waals surface area contributed by atoms with Gasteiger partial charge in [-0.1, -0.05) is 0 Å². The Hall–Kier alpha value is -2.71. The van der Waals surface area contributed by atoms with Gasteiger partial charge in [-0.15, -0.1) is 0 Å². The first-order valence-corrected chi connectivity index (χ1v) is 4.34. The summed E-state index contributed by atoms with van der Waals surface area (Å²) in [5, 5.41) is 12.2. The van der Waals surface area contributed by atoms with Crippen LogP contribution in [0, 0.1) is 10.1 Å². The summed E-state index contributed by atoms with van der Waals surface area (Å²) < 4.78 is 0.802. The van der Waals surface area contributed by atoms with Gasteiger partial charge in [0.2, 0.25) is 5.91 Å². The van der Waals surface area contributed by atoms with Gasteiger partial charge in [0.05, 0.1) is 11.1 Å². The van der Waals surface area contributed by atoms with Crippen LogP contribution in [0.25, 0.3) is 0 Å². The maximum absolute atomic E-state index is 11.3. The van der Waals surface area contributed by atoms with Gasteiger partial charge >= 0.3 is 6.03 Å². The standard InChI is InChI=1S/C8H8N4O5/c9-8(15)10-6(13)4-11-3-5(12(16)17)1-2-7(11)14/h1-3H,4H2,(H3,9,10,13,15). The van der Waals surface area contributed by atoms with Gasteiger partial charge < -0.3 is 5.73 Å². The zero-order chi connectivity index (χ0) is 13.0. The average molecular weight is 240 g/mol. The topological polar surface area (TPSA) is 137 Å². The van der Waals surface area contributed by atoms with Gasteiger partial charge in [0.15, 0.2) is 0 Å². The van der Waals surface area contributed by atoms with Crippen LogP contribution in [0.2, 0.25) is 0 Å². The molecule has 0 aliphatic carbocycles. The fraction of sp³-hybridized carbons (Fsp3) is 0.125. The van der Waals surface area contributed by atoms with E-state index in [0.29, 0.717) is 0 Å². The lowest BCUT2D eigenvalue weighted by atomic mass is 10.4. The number of nitrogens with two attached hydrogens (primary N) is 1. The van der Waals surface area contributed by atoms with Crippen LogP contribution in [-0.4, -0.2) is 21.4 Å². The molecular weight excluding hydrogens is 232 g/mol. The summed E-state index contributed by atoms with van der Waals surface area (Å²) in [5.41, 5.74) is 3.76.